The van der Waals surface area contributed by atoms with Gasteiger partial charge in [0.05, 0.1) is 19.4 Å². The molecule has 5 heteroatoms. The lowest BCUT2D eigenvalue weighted by Gasteiger charge is -2.07. The third kappa shape index (κ3) is 5.91. The number of methoxy groups -OCH3 is 1. The van der Waals surface area contributed by atoms with E-state index in [4.69, 9.17) is 9.47 Å². The average molecular weight is 378 g/mol. The third-order valence-corrected chi connectivity index (χ3v) is 4.10. The summed E-state index contributed by atoms with van der Waals surface area (Å²) in [6.45, 7) is 7.68. The summed E-state index contributed by atoms with van der Waals surface area (Å²) in [6, 6.07) is 15.8. The highest BCUT2D eigenvalue weighted by Gasteiger charge is 2.08. The highest BCUT2D eigenvalue weighted by molar-refractivity contribution is 6.35. The Labute approximate surface area is 166 Å². The fourth-order valence-electron chi connectivity index (χ4n) is 2.46. The molecule has 0 aromatic heterocycles. The normalized spacial score (nSPS) is 12.7. The van der Waals surface area contributed by atoms with Crippen LogP contribution in [0.15, 0.2) is 64.8 Å². The van der Waals surface area contributed by atoms with E-state index in [0.717, 1.165) is 28.0 Å². The van der Waals surface area contributed by atoms with Crippen molar-refractivity contribution < 1.29 is 14.3 Å². The van der Waals surface area contributed by atoms with Gasteiger partial charge in [-0.15, -0.1) is 5.10 Å². The van der Waals surface area contributed by atoms with Gasteiger partial charge in [0.2, 0.25) is 0 Å². The van der Waals surface area contributed by atoms with Gasteiger partial charge in [0.1, 0.15) is 11.5 Å². The summed E-state index contributed by atoms with van der Waals surface area (Å²) in [4.78, 5) is 11.8. The number of allylic oxidation sites excluding steroid dienone is 2. The number of nitrogens with zero attached hydrogens (tertiary/aromatic N) is 2. The van der Waals surface area contributed by atoms with Crippen molar-refractivity contribution in [1.82, 2.24) is 0 Å². The van der Waals surface area contributed by atoms with Crippen LogP contribution < -0.4 is 4.74 Å². The van der Waals surface area contributed by atoms with E-state index < -0.39 is 5.97 Å². The van der Waals surface area contributed by atoms with Crippen molar-refractivity contribution in [2.75, 3.05) is 13.7 Å². The summed E-state index contributed by atoms with van der Waals surface area (Å²) in [5.74, 6) is 0.318. The topological polar surface area (TPSA) is 60.2 Å². The first-order valence-corrected chi connectivity index (χ1v) is 9.13. The Bertz CT molecular complexity index is 910. The Kier molecular flexibility index (Phi) is 7.69. The number of esters is 1. The van der Waals surface area contributed by atoms with Crippen molar-refractivity contribution in [2.45, 2.75) is 27.7 Å². The molecule has 0 saturated heterocycles. The summed E-state index contributed by atoms with van der Waals surface area (Å²) in [5.41, 5.74) is 4.95. The van der Waals surface area contributed by atoms with Crippen molar-refractivity contribution in [1.29, 1.82) is 0 Å². The highest BCUT2D eigenvalue weighted by Crippen LogP contribution is 2.21. The van der Waals surface area contributed by atoms with Crippen LogP contribution in [-0.2, 0) is 9.53 Å². The second-order valence-electron chi connectivity index (χ2n) is 6.32. The summed E-state index contributed by atoms with van der Waals surface area (Å²) in [6.07, 6.45) is 1.95. The first-order chi connectivity index (χ1) is 13.4. The molecule has 0 saturated carbocycles. The van der Waals surface area contributed by atoms with E-state index in [1.54, 1.807) is 21.0 Å². The minimum absolute atomic E-state index is 0.207. The van der Waals surface area contributed by atoms with Crippen LogP contribution in [0.3, 0.4) is 0 Å². The maximum Gasteiger partial charge on any atom is 0.354 e. The second kappa shape index (κ2) is 10.2. The van der Waals surface area contributed by atoms with Crippen molar-refractivity contribution >= 4 is 23.0 Å². The number of ether oxygens (including phenoxy) is 2. The molecule has 0 aliphatic heterocycles. The average Bonchev–Trinajstić information content (AvgIpc) is 2.71. The van der Waals surface area contributed by atoms with Crippen molar-refractivity contribution in [3.8, 4) is 5.75 Å². The standard InChI is InChI=1S/C23H26N2O3/c1-6-28-23(26)18(4)24-25-22(19-12-10-16(2)11-13-19)14-17(3)20-8-7-9-21(15-20)27-5/h7-15H,6H2,1-5H3/b17-14+,24-18+,25-22+. The third-order valence-electron chi connectivity index (χ3n) is 4.10. The Balaban J connectivity index is 2.45. The summed E-state index contributed by atoms with van der Waals surface area (Å²) in [7, 11) is 1.64. The van der Waals surface area contributed by atoms with E-state index in [1.807, 2.05) is 68.5 Å². The van der Waals surface area contributed by atoms with E-state index >= 15 is 0 Å². The SMILES string of the molecule is CCOC(=O)/C(C)=N/N=C(\C=C(/C)c1cccc(OC)c1)c1ccc(C)cc1. The van der Waals surface area contributed by atoms with Gasteiger partial charge in [0, 0.05) is 5.56 Å². The Morgan fingerprint density at radius 1 is 1.04 bits per heavy atom. The van der Waals surface area contributed by atoms with Gasteiger partial charge in [-0.1, -0.05) is 42.0 Å². The zero-order valence-corrected chi connectivity index (χ0v) is 17.0. The Morgan fingerprint density at radius 3 is 2.39 bits per heavy atom. The Morgan fingerprint density at radius 2 is 1.75 bits per heavy atom. The number of aryl methyl sites for hydroxylation is 1. The predicted octanol–water partition coefficient (Wildman–Crippen LogP) is 4.84. The maximum absolute atomic E-state index is 11.8. The molecule has 0 aliphatic rings. The van der Waals surface area contributed by atoms with Gasteiger partial charge in [-0.25, -0.2) is 4.79 Å². The van der Waals surface area contributed by atoms with Gasteiger partial charge in [0.15, 0.2) is 0 Å². The van der Waals surface area contributed by atoms with E-state index in [0.29, 0.717) is 12.3 Å². The van der Waals surface area contributed by atoms with E-state index in [2.05, 4.69) is 10.2 Å². The molecule has 2 aromatic carbocycles. The summed E-state index contributed by atoms with van der Waals surface area (Å²) >= 11 is 0. The molecule has 2 aromatic rings. The second-order valence-corrected chi connectivity index (χ2v) is 6.32. The van der Waals surface area contributed by atoms with Gasteiger partial charge >= 0.3 is 5.97 Å². The minimum Gasteiger partial charge on any atom is -0.497 e. The quantitative estimate of drug-likeness (QED) is 0.394. The van der Waals surface area contributed by atoms with Crippen LogP contribution in [0.2, 0.25) is 0 Å². The zero-order chi connectivity index (χ0) is 20.5. The summed E-state index contributed by atoms with van der Waals surface area (Å²) in [5, 5.41) is 8.41. The molecule has 2 rings (SSSR count). The number of hydrogen-bond donors (Lipinski definition) is 0. The molecule has 0 radical (unpaired) electrons. The first-order valence-electron chi connectivity index (χ1n) is 9.13. The molecule has 5 nitrogen and oxygen atoms in total. The molecule has 0 aliphatic carbocycles. The maximum atomic E-state index is 11.8. The van der Waals surface area contributed by atoms with Crippen LogP contribution in [0.1, 0.15) is 37.5 Å². The molecular weight excluding hydrogens is 352 g/mol. The number of rotatable bonds is 7. The number of hydrogen-bond acceptors (Lipinski definition) is 5. The van der Waals surface area contributed by atoms with Gasteiger partial charge in [-0.05, 0) is 57.0 Å². The van der Waals surface area contributed by atoms with Crippen LogP contribution in [0, 0.1) is 6.92 Å². The van der Waals surface area contributed by atoms with Crippen LogP contribution in [0.25, 0.3) is 5.57 Å². The lowest BCUT2D eigenvalue weighted by Crippen LogP contribution is -2.13. The van der Waals surface area contributed by atoms with Crippen LogP contribution in [-0.4, -0.2) is 31.1 Å². The number of carbonyl (C=O) groups excluding carboxylic acids is 1. The van der Waals surface area contributed by atoms with Crippen molar-refractivity contribution in [2.24, 2.45) is 10.2 Å². The molecule has 0 bridgehead atoms. The molecule has 0 spiro atoms. The molecule has 0 fully saturated rings. The molecule has 0 unspecified atom stereocenters. The predicted molar refractivity (Wildman–Crippen MR) is 114 cm³/mol. The fourth-order valence-corrected chi connectivity index (χ4v) is 2.46. The minimum atomic E-state index is -0.469. The summed E-state index contributed by atoms with van der Waals surface area (Å²) < 4.78 is 10.3. The lowest BCUT2D eigenvalue weighted by atomic mass is 10.0. The van der Waals surface area contributed by atoms with Gasteiger partial charge in [-0.3, -0.25) is 0 Å². The monoisotopic (exact) mass is 378 g/mol. The molecular formula is C23H26N2O3. The number of carbonyl (C=O) groups is 1. The number of benzene rings is 2. The van der Waals surface area contributed by atoms with Crippen LogP contribution >= 0.6 is 0 Å². The molecule has 146 valence electrons. The van der Waals surface area contributed by atoms with Gasteiger partial charge < -0.3 is 9.47 Å². The van der Waals surface area contributed by atoms with E-state index in [1.165, 1.54) is 0 Å². The van der Waals surface area contributed by atoms with Crippen LogP contribution in [0.5, 0.6) is 5.75 Å². The fraction of sp³-hybridized carbons (Fsp3) is 0.261. The van der Waals surface area contributed by atoms with Crippen molar-refractivity contribution in [3.63, 3.8) is 0 Å². The first kappa shape index (κ1) is 21.1. The molecule has 0 amide bonds. The largest absolute Gasteiger partial charge is 0.497 e. The highest BCUT2D eigenvalue weighted by atomic mass is 16.5. The molecule has 0 atom stereocenters. The van der Waals surface area contributed by atoms with Crippen LogP contribution in [0.4, 0.5) is 0 Å². The van der Waals surface area contributed by atoms with Gasteiger partial charge in [0.25, 0.3) is 0 Å². The smallest absolute Gasteiger partial charge is 0.354 e. The van der Waals surface area contributed by atoms with Gasteiger partial charge in [-0.2, -0.15) is 5.10 Å². The van der Waals surface area contributed by atoms with Crippen molar-refractivity contribution in [3.05, 3.63) is 71.3 Å². The zero-order valence-electron chi connectivity index (χ0n) is 17.0. The Hall–Kier alpha value is -3.21. The van der Waals surface area contributed by atoms with E-state index in [-0.39, 0.29) is 5.71 Å². The molecule has 0 N–H and O–H groups in total. The lowest BCUT2D eigenvalue weighted by molar-refractivity contribution is -0.135. The van der Waals surface area contributed by atoms with E-state index in [9.17, 15) is 4.79 Å². The molecule has 28 heavy (non-hydrogen) atoms. The molecule has 0 heterocycles.